The lowest BCUT2D eigenvalue weighted by Crippen LogP contribution is -1.88. The highest BCUT2D eigenvalue weighted by molar-refractivity contribution is 7.59. The highest BCUT2D eigenvalue weighted by Gasteiger charge is 1.92. The number of H-pyrrole nitrogens is 1. The van der Waals surface area contributed by atoms with Gasteiger partial charge in [-0.15, -0.1) is 0 Å². The zero-order valence-corrected chi connectivity index (χ0v) is 6.52. The minimum atomic E-state index is 0. The van der Waals surface area contributed by atoms with E-state index in [2.05, 4.69) is 15.5 Å². The first-order valence-electron chi connectivity index (χ1n) is 2.52. The summed E-state index contributed by atoms with van der Waals surface area (Å²) in [4.78, 5) is 0. The van der Waals surface area contributed by atoms with Crippen molar-refractivity contribution in [2.45, 2.75) is 6.92 Å². The summed E-state index contributed by atoms with van der Waals surface area (Å²) in [6.07, 6.45) is 1.78. The largest absolute Gasteiger partial charge is 0.373 e. The first-order chi connectivity index (χ1) is 3.84. The van der Waals surface area contributed by atoms with E-state index in [0.717, 1.165) is 11.4 Å². The van der Waals surface area contributed by atoms with Gasteiger partial charge in [-0.2, -0.15) is 18.6 Å². The zero-order valence-electron chi connectivity index (χ0n) is 5.52. The number of aromatic amines is 1. The van der Waals surface area contributed by atoms with E-state index in [9.17, 15) is 0 Å². The Morgan fingerprint density at radius 1 is 1.67 bits per heavy atom. The molecule has 52 valence electrons. The molecule has 1 aromatic rings. The van der Waals surface area contributed by atoms with Gasteiger partial charge >= 0.3 is 0 Å². The van der Waals surface area contributed by atoms with E-state index in [1.54, 1.807) is 6.20 Å². The van der Waals surface area contributed by atoms with Crippen molar-refractivity contribution in [2.24, 2.45) is 0 Å². The molecular formula is C5H11N3S. The van der Waals surface area contributed by atoms with Gasteiger partial charge in [-0.05, 0) is 6.92 Å². The third-order valence-electron chi connectivity index (χ3n) is 1.08. The molecule has 0 unspecified atom stereocenters. The summed E-state index contributed by atoms with van der Waals surface area (Å²) in [5, 5.41) is 9.56. The van der Waals surface area contributed by atoms with Gasteiger partial charge in [-0.1, -0.05) is 0 Å². The minimum absolute atomic E-state index is 0. The van der Waals surface area contributed by atoms with E-state index in [1.807, 2.05) is 14.0 Å². The van der Waals surface area contributed by atoms with Crippen molar-refractivity contribution < 1.29 is 0 Å². The van der Waals surface area contributed by atoms with Crippen molar-refractivity contribution in [3.05, 3.63) is 11.8 Å². The smallest absolute Gasteiger partial charge is 0.124 e. The molecule has 0 spiro atoms. The first-order valence-corrected chi connectivity index (χ1v) is 2.52. The zero-order chi connectivity index (χ0) is 5.98. The first kappa shape index (κ1) is 8.36. The summed E-state index contributed by atoms with van der Waals surface area (Å²) in [7, 11) is 1.86. The Labute approximate surface area is 61.3 Å². The van der Waals surface area contributed by atoms with E-state index in [4.69, 9.17) is 0 Å². The monoisotopic (exact) mass is 145 g/mol. The van der Waals surface area contributed by atoms with Crippen LogP contribution in [0.15, 0.2) is 6.20 Å². The molecule has 0 fully saturated rings. The van der Waals surface area contributed by atoms with Crippen molar-refractivity contribution in [1.82, 2.24) is 10.2 Å². The number of hydrogen-bond acceptors (Lipinski definition) is 2. The number of anilines is 1. The van der Waals surface area contributed by atoms with E-state index < -0.39 is 0 Å². The number of nitrogens with zero attached hydrogens (tertiary/aromatic N) is 1. The van der Waals surface area contributed by atoms with Gasteiger partial charge in [0.15, 0.2) is 0 Å². The van der Waals surface area contributed by atoms with Gasteiger partial charge in [0, 0.05) is 12.6 Å². The number of hydrogen-bond donors (Lipinski definition) is 2. The SMILES string of the molecule is CNc1[nH]ncc1C.S. The van der Waals surface area contributed by atoms with Crippen LogP contribution in [0.3, 0.4) is 0 Å². The maximum Gasteiger partial charge on any atom is 0.124 e. The van der Waals surface area contributed by atoms with Crippen molar-refractivity contribution >= 4 is 19.3 Å². The molecular weight excluding hydrogens is 134 g/mol. The Kier molecular flexibility index (Phi) is 3.16. The topological polar surface area (TPSA) is 40.7 Å². The standard InChI is InChI=1S/C5H9N3.H2S/c1-4-3-7-8-5(4)6-2;/h3H,1-2H3,(H2,6,7,8);1H2. The molecule has 0 aliphatic rings. The molecule has 0 amide bonds. The third-order valence-corrected chi connectivity index (χ3v) is 1.08. The molecule has 0 saturated carbocycles. The second-order valence-electron chi connectivity index (χ2n) is 1.68. The molecule has 0 radical (unpaired) electrons. The maximum absolute atomic E-state index is 3.81. The molecule has 1 heterocycles. The summed E-state index contributed by atoms with van der Waals surface area (Å²) < 4.78 is 0. The number of aromatic nitrogens is 2. The Balaban J connectivity index is 0.000000640. The highest BCUT2D eigenvalue weighted by Crippen LogP contribution is 2.05. The molecule has 0 aliphatic heterocycles. The fraction of sp³-hybridized carbons (Fsp3) is 0.400. The lowest BCUT2D eigenvalue weighted by molar-refractivity contribution is 1.09. The van der Waals surface area contributed by atoms with E-state index in [1.165, 1.54) is 0 Å². The van der Waals surface area contributed by atoms with Gasteiger partial charge in [-0.25, -0.2) is 0 Å². The minimum Gasteiger partial charge on any atom is -0.373 e. The molecule has 0 bridgehead atoms. The van der Waals surface area contributed by atoms with Crippen LogP contribution in [0, 0.1) is 6.92 Å². The molecule has 1 aromatic heterocycles. The van der Waals surface area contributed by atoms with Crippen LogP contribution >= 0.6 is 13.5 Å². The maximum atomic E-state index is 3.81. The Morgan fingerprint density at radius 3 is 2.56 bits per heavy atom. The number of aryl methyl sites for hydroxylation is 1. The van der Waals surface area contributed by atoms with Gasteiger partial charge in [0.2, 0.25) is 0 Å². The Morgan fingerprint density at radius 2 is 2.33 bits per heavy atom. The molecule has 4 heteroatoms. The van der Waals surface area contributed by atoms with Crippen LogP contribution in [-0.4, -0.2) is 17.2 Å². The molecule has 0 saturated heterocycles. The fourth-order valence-electron chi connectivity index (χ4n) is 0.599. The predicted molar refractivity (Wildman–Crippen MR) is 43.3 cm³/mol. The number of rotatable bonds is 1. The summed E-state index contributed by atoms with van der Waals surface area (Å²) in [6.45, 7) is 2.00. The van der Waals surface area contributed by atoms with Crippen LogP contribution in [0.25, 0.3) is 0 Å². The van der Waals surface area contributed by atoms with Gasteiger partial charge in [-0.3, -0.25) is 5.10 Å². The number of nitrogens with one attached hydrogen (secondary N) is 2. The third kappa shape index (κ3) is 1.64. The van der Waals surface area contributed by atoms with Crippen molar-refractivity contribution in [3.8, 4) is 0 Å². The fourth-order valence-corrected chi connectivity index (χ4v) is 0.599. The van der Waals surface area contributed by atoms with Crippen LogP contribution in [-0.2, 0) is 0 Å². The summed E-state index contributed by atoms with van der Waals surface area (Å²) in [5.74, 6) is 0.991. The lowest BCUT2D eigenvalue weighted by atomic mass is 10.4. The van der Waals surface area contributed by atoms with E-state index in [-0.39, 0.29) is 13.5 Å². The summed E-state index contributed by atoms with van der Waals surface area (Å²) in [6, 6.07) is 0. The van der Waals surface area contributed by atoms with Crippen LogP contribution in [0.5, 0.6) is 0 Å². The second-order valence-corrected chi connectivity index (χ2v) is 1.68. The van der Waals surface area contributed by atoms with Gasteiger partial charge < -0.3 is 5.32 Å². The summed E-state index contributed by atoms with van der Waals surface area (Å²) in [5.41, 5.74) is 1.15. The quantitative estimate of drug-likeness (QED) is 0.615. The van der Waals surface area contributed by atoms with Crippen molar-refractivity contribution in [2.75, 3.05) is 12.4 Å². The average molecular weight is 145 g/mol. The van der Waals surface area contributed by atoms with Crippen LogP contribution in [0.2, 0.25) is 0 Å². The van der Waals surface area contributed by atoms with Crippen LogP contribution in [0.1, 0.15) is 5.56 Å². The average Bonchev–Trinajstić information content (AvgIpc) is 2.14. The molecule has 9 heavy (non-hydrogen) atoms. The van der Waals surface area contributed by atoms with Crippen LogP contribution < -0.4 is 5.32 Å². The van der Waals surface area contributed by atoms with E-state index >= 15 is 0 Å². The highest BCUT2D eigenvalue weighted by atomic mass is 32.1. The molecule has 1 rings (SSSR count). The van der Waals surface area contributed by atoms with Gasteiger partial charge in [0.25, 0.3) is 0 Å². The molecule has 0 aliphatic carbocycles. The normalized spacial score (nSPS) is 8.22. The molecule has 3 nitrogen and oxygen atoms in total. The van der Waals surface area contributed by atoms with Crippen molar-refractivity contribution in [1.29, 1.82) is 0 Å². The van der Waals surface area contributed by atoms with Crippen LogP contribution in [0.4, 0.5) is 5.82 Å². The molecule has 0 aromatic carbocycles. The molecule has 0 atom stereocenters. The molecule has 2 N–H and O–H groups in total. The van der Waals surface area contributed by atoms with E-state index in [0.29, 0.717) is 0 Å². The Hall–Kier alpha value is -0.640. The predicted octanol–water partition coefficient (Wildman–Crippen LogP) is 0.873. The van der Waals surface area contributed by atoms with Crippen molar-refractivity contribution in [3.63, 3.8) is 0 Å². The Bertz CT molecular complexity index is 172. The van der Waals surface area contributed by atoms with Gasteiger partial charge in [0.05, 0.1) is 6.20 Å². The lowest BCUT2D eigenvalue weighted by Gasteiger charge is -1.91. The summed E-state index contributed by atoms with van der Waals surface area (Å²) >= 11 is 0. The second kappa shape index (κ2) is 3.40. The van der Waals surface area contributed by atoms with Gasteiger partial charge in [0.1, 0.15) is 5.82 Å².